The highest BCUT2D eigenvalue weighted by Gasteiger charge is 2.48. The number of fused-ring (bicyclic) bond motifs is 1. The van der Waals surface area contributed by atoms with Gasteiger partial charge >= 0.3 is 5.91 Å². The molecule has 1 unspecified atom stereocenters. The summed E-state index contributed by atoms with van der Waals surface area (Å²) in [5.41, 5.74) is 2.09. The third-order valence-corrected chi connectivity index (χ3v) is 7.22. The van der Waals surface area contributed by atoms with Gasteiger partial charge in [-0.1, -0.05) is 56.4 Å². The predicted molar refractivity (Wildman–Crippen MR) is 136 cm³/mol. The van der Waals surface area contributed by atoms with Crippen molar-refractivity contribution in [2.24, 2.45) is 0 Å². The van der Waals surface area contributed by atoms with E-state index in [1.54, 1.807) is 0 Å². The maximum Gasteiger partial charge on any atom is 0.301 e. The van der Waals surface area contributed by atoms with E-state index < -0.39 is 35.1 Å². The number of ketones is 1. The molecule has 2 heterocycles. The summed E-state index contributed by atoms with van der Waals surface area (Å²) < 4.78 is 27.8. The van der Waals surface area contributed by atoms with Gasteiger partial charge in [-0.05, 0) is 59.0 Å². The normalized spacial score (nSPS) is 17.8. The molecule has 8 heteroatoms. The van der Waals surface area contributed by atoms with E-state index in [1.807, 2.05) is 24.3 Å². The highest BCUT2D eigenvalue weighted by Crippen LogP contribution is 2.44. The van der Waals surface area contributed by atoms with Crippen molar-refractivity contribution in [3.8, 4) is 0 Å². The average molecular weight is 505 g/mol. The maximum atomic E-state index is 13.8. The molecule has 1 aliphatic heterocycles. The quantitative estimate of drug-likeness (QED) is 0.196. The summed E-state index contributed by atoms with van der Waals surface area (Å²) in [4.78, 5) is 32.3. The first-order chi connectivity index (χ1) is 17.0. The summed E-state index contributed by atoms with van der Waals surface area (Å²) in [6, 6.07) is 15.6. The number of thiazole rings is 1. The molecule has 1 atom stereocenters. The van der Waals surface area contributed by atoms with E-state index in [-0.39, 0.29) is 21.7 Å². The summed E-state index contributed by atoms with van der Waals surface area (Å²) in [5.74, 6) is -3.09. The molecule has 182 valence electrons. The molecule has 1 aromatic heterocycles. The Kier molecular flexibility index (Phi) is 5.71. The van der Waals surface area contributed by atoms with Crippen LogP contribution in [0.5, 0.6) is 0 Å². The van der Waals surface area contributed by atoms with Crippen LogP contribution in [0.25, 0.3) is 16.0 Å². The minimum absolute atomic E-state index is 0.119. The number of aliphatic hydroxyl groups excluding tert-OH is 1. The molecule has 5 nitrogen and oxygen atoms in total. The Morgan fingerprint density at radius 3 is 2.22 bits per heavy atom. The van der Waals surface area contributed by atoms with Crippen LogP contribution < -0.4 is 4.90 Å². The van der Waals surface area contributed by atoms with Crippen molar-refractivity contribution in [3.05, 3.63) is 101 Å². The number of aromatic nitrogens is 1. The number of Topliss-reactive ketones (excluding diaryl/α,β-unsaturated/α-hetero) is 1. The molecule has 1 N–H and O–H groups in total. The minimum Gasteiger partial charge on any atom is -0.507 e. The molecule has 0 aliphatic carbocycles. The number of carbonyl (C=O) groups excluding carboxylic acids is 2. The first kappa shape index (κ1) is 23.8. The summed E-state index contributed by atoms with van der Waals surface area (Å²) >= 11 is 1.08. The lowest BCUT2D eigenvalue weighted by molar-refractivity contribution is -0.132. The molecule has 0 spiro atoms. The molecule has 36 heavy (non-hydrogen) atoms. The summed E-state index contributed by atoms with van der Waals surface area (Å²) in [6.45, 7) is 6.22. The number of anilines is 1. The molecule has 1 aliphatic rings. The van der Waals surface area contributed by atoms with Crippen molar-refractivity contribution in [1.29, 1.82) is 0 Å². The number of aliphatic hydroxyl groups is 1. The topological polar surface area (TPSA) is 70.5 Å². The number of hydrogen-bond acceptors (Lipinski definition) is 5. The first-order valence-electron chi connectivity index (χ1n) is 11.3. The standard InChI is InChI=1S/C28H22F2N2O3S/c1-28(2,3)17-8-4-15(5-9-17)23-22(24(33)16-6-10-18(29)11-7-16)25(34)26(35)32(23)27-31-20-13-12-19(30)14-21(20)36-27/h4-14,23,33H,1-3H3/b24-22+. The van der Waals surface area contributed by atoms with Crippen LogP contribution in [0.1, 0.15) is 43.5 Å². The molecular formula is C28H22F2N2O3S. The van der Waals surface area contributed by atoms with E-state index in [9.17, 15) is 23.5 Å². The Balaban J connectivity index is 1.71. The number of rotatable bonds is 3. The van der Waals surface area contributed by atoms with E-state index >= 15 is 0 Å². The molecule has 3 aromatic carbocycles. The van der Waals surface area contributed by atoms with E-state index in [1.165, 1.54) is 47.4 Å². The van der Waals surface area contributed by atoms with Gasteiger partial charge in [0, 0.05) is 5.56 Å². The van der Waals surface area contributed by atoms with Crippen LogP contribution >= 0.6 is 11.3 Å². The minimum atomic E-state index is -0.977. The summed E-state index contributed by atoms with van der Waals surface area (Å²) in [5, 5.41) is 11.4. The molecule has 0 radical (unpaired) electrons. The van der Waals surface area contributed by atoms with Gasteiger partial charge in [0.2, 0.25) is 0 Å². The van der Waals surface area contributed by atoms with Crippen LogP contribution in [-0.2, 0) is 15.0 Å². The van der Waals surface area contributed by atoms with Crippen LogP contribution in [0.3, 0.4) is 0 Å². The Labute approximate surface area is 210 Å². The van der Waals surface area contributed by atoms with Crippen LogP contribution in [-0.4, -0.2) is 21.8 Å². The number of hydrogen-bond donors (Lipinski definition) is 1. The van der Waals surface area contributed by atoms with Gasteiger partial charge in [0.1, 0.15) is 17.4 Å². The van der Waals surface area contributed by atoms with Crippen LogP contribution in [0.4, 0.5) is 13.9 Å². The molecule has 1 fully saturated rings. The fourth-order valence-corrected chi connectivity index (χ4v) is 5.28. The lowest BCUT2D eigenvalue weighted by Crippen LogP contribution is -2.29. The van der Waals surface area contributed by atoms with Gasteiger partial charge in [0.15, 0.2) is 5.13 Å². The van der Waals surface area contributed by atoms with Crippen molar-refractivity contribution in [1.82, 2.24) is 4.98 Å². The fourth-order valence-electron chi connectivity index (χ4n) is 4.26. The molecule has 1 saturated heterocycles. The van der Waals surface area contributed by atoms with Crippen LogP contribution in [0, 0.1) is 11.6 Å². The van der Waals surface area contributed by atoms with E-state index in [0.29, 0.717) is 15.8 Å². The highest BCUT2D eigenvalue weighted by molar-refractivity contribution is 7.22. The molecule has 0 bridgehead atoms. The Morgan fingerprint density at radius 1 is 0.944 bits per heavy atom. The highest BCUT2D eigenvalue weighted by atomic mass is 32.1. The zero-order valence-electron chi connectivity index (χ0n) is 19.8. The van der Waals surface area contributed by atoms with Crippen molar-refractivity contribution >= 4 is 44.1 Å². The summed E-state index contributed by atoms with van der Waals surface area (Å²) in [7, 11) is 0. The fraction of sp³-hybridized carbons (Fsp3) is 0.179. The predicted octanol–water partition coefficient (Wildman–Crippen LogP) is 6.50. The molecule has 4 aromatic rings. The SMILES string of the molecule is CC(C)(C)c1ccc(C2/C(=C(\O)c3ccc(F)cc3)C(=O)C(=O)N2c2nc3ccc(F)cc3s2)cc1. The van der Waals surface area contributed by atoms with E-state index in [4.69, 9.17) is 0 Å². The third kappa shape index (κ3) is 4.07. The van der Waals surface area contributed by atoms with E-state index in [2.05, 4.69) is 25.8 Å². The number of carbonyl (C=O) groups is 2. The molecular weight excluding hydrogens is 482 g/mol. The molecule has 1 amide bonds. The second kappa shape index (κ2) is 8.64. The largest absolute Gasteiger partial charge is 0.507 e. The van der Waals surface area contributed by atoms with Crippen LogP contribution in [0.15, 0.2) is 72.3 Å². The van der Waals surface area contributed by atoms with Gasteiger partial charge in [0.05, 0.1) is 21.8 Å². The second-order valence-corrected chi connectivity index (χ2v) is 10.7. The first-order valence-corrected chi connectivity index (χ1v) is 12.1. The summed E-state index contributed by atoms with van der Waals surface area (Å²) in [6.07, 6.45) is 0. The van der Waals surface area contributed by atoms with Gasteiger partial charge in [-0.25, -0.2) is 13.8 Å². The van der Waals surface area contributed by atoms with Gasteiger partial charge in [-0.3, -0.25) is 14.5 Å². The third-order valence-electron chi connectivity index (χ3n) is 6.20. The zero-order chi connectivity index (χ0) is 25.8. The lowest BCUT2D eigenvalue weighted by atomic mass is 9.85. The maximum absolute atomic E-state index is 13.8. The zero-order valence-corrected chi connectivity index (χ0v) is 20.6. The van der Waals surface area contributed by atoms with E-state index in [0.717, 1.165) is 16.9 Å². The van der Waals surface area contributed by atoms with Crippen molar-refractivity contribution in [3.63, 3.8) is 0 Å². The van der Waals surface area contributed by atoms with Gasteiger partial charge < -0.3 is 5.11 Å². The Bertz CT molecular complexity index is 1530. The Hall–Kier alpha value is -3.91. The average Bonchev–Trinajstić information content (AvgIpc) is 3.36. The number of benzene rings is 3. The van der Waals surface area contributed by atoms with Crippen LogP contribution in [0.2, 0.25) is 0 Å². The number of halogens is 2. The monoisotopic (exact) mass is 504 g/mol. The Morgan fingerprint density at radius 2 is 1.58 bits per heavy atom. The number of nitrogens with zero attached hydrogens (tertiary/aromatic N) is 2. The lowest BCUT2D eigenvalue weighted by Gasteiger charge is -2.24. The van der Waals surface area contributed by atoms with Gasteiger partial charge in [-0.2, -0.15) is 0 Å². The van der Waals surface area contributed by atoms with Crippen molar-refractivity contribution in [2.75, 3.05) is 4.90 Å². The molecule has 5 rings (SSSR count). The van der Waals surface area contributed by atoms with Crippen molar-refractivity contribution < 1.29 is 23.5 Å². The smallest absolute Gasteiger partial charge is 0.301 e. The molecule has 0 saturated carbocycles. The van der Waals surface area contributed by atoms with Crippen molar-refractivity contribution in [2.45, 2.75) is 32.2 Å². The van der Waals surface area contributed by atoms with Gasteiger partial charge in [-0.15, -0.1) is 0 Å². The second-order valence-electron chi connectivity index (χ2n) is 9.66. The van der Waals surface area contributed by atoms with Gasteiger partial charge in [0.25, 0.3) is 5.78 Å². The number of amides is 1.